The largest absolute Gasteiger partial charge is 0.462 e. The summed E-state index contributed by atoms with van der Waals surface area (Å²) in [5.41, 5.74) is 0. The smallest absolute Gasteiger partial charge is 0.306 e. The van der Waals surface area contributed by atoms with Crippen LogP contribution in [0, 0.1) is 11.8 Å². The normalized spacial score (nSPS) is 12.1. The van der Waals surface area contributed by atoms with Crippen molar-refractivity contribution in [2.75, 3.05) is 13.2 Å². The summed E-state index contributed by atoms with van der Waals surface area (Å²) in [5, 5.41) is 0. The molecule has 6 heteroatoms. The first-order valence-electron chi connectivity index (χ1n) is 22.7. The molecule has 0 spiro atoms. The van der Waals surface area contributed by atoms with Crippen LogP contribution >= 0.6 is 0 Å². The summed E-state index contributed by atoms with van der Waals surface area (Å²) in [6.07, 6.45) is 36.8. The van der Waals surface area contributed by atoms with Crippen LogP contribution in [0.2, 0.25) is 0 Å². The SMILES string of the molecule is CCCCCCCCCCCCCCCCCC(=O)O[C@H](COC(=O)CCCCCCCCCC(C)C)COC(=O)CCCCCCCCC(C)C. The highest BCUT2D eigenvalue weighted by Crippen LogP contribution is 2.16. The number of hydrogen-bond donors (Lipinski definition) is 0. The molecule has 0 bridgehead atoms. The molecular formula is C46H88O6. The first-order chi connectivity index (χ1) is 25.2. The maximum Gasteiger partial charge on any atom is 0.306 e. The number of hydrogen-bond acceptors (Lipinski definition) is 6. The summed E-state index contributed by atoms with van der Waals surface area (Å²) in [6, 6.07) is 0. The third kappa shape index (κ3) is 39.6. The van der Waals surface area contributed by atoms with Gasteiger partial charge in [-0.25, -0.2) is 0 Å². The van der Waals surface area contributed by atoms with Crippen LogP contribution in [0.5, 0.6) is 0 Å². The minimum atomic E-state index is -0.761. The molecule has 0 aromatic rings. The van der Waals surface area contributed by atoms with E-state index in [1.54, 1.807) is 0 Å². The van der Waals surface area contributed by atoms with Crippen LogP contribution in [0.25, 0.3) is 0 Å². The number of esters is 3. The van der Waals surface area contributed by atoms with E-state index in [1.807, 2.05) is 0 Å². The summed E-state index contributed by atoms with van der Waals surface area (Å²) < 4.78 is 16.7. The van der Waals surface area contributed by atoms with E-state index in [1.165, 1.54) is 135 Å². The van der Waals surface area contributed by atoms with Gasteiger partial charge >= 0.3 is 17.9 Å². The Balaban J connectivity index is 4.31. The van der Waals surface area contributed by atoms with Crippen molar-refractivity contribution in [1.29, 1.82) is 0 Å². The second-order valence-corrected chi connectivity index (χ2v) is 16.6. The van der Waals surface area contributed by atoms with E-state index < -0.39 is 6.10 Å². The fraction of sp³-hybridized carbons (Fsp3) is 0.935. The van der Waals surface area contributed by atoms with Crippen molar-refractivity contribution in [3.63, 3.8) is 0 Å². The Labute approximate surface area is 323 Å². The maximum absolute atomic E-state index is 12.7. The Morgan fingerprint density at radius 3 is 0.942 bits per heavy atom. The molecule has 0 heterocycles. The van der Waals surface area contributed by atoms with Crippen LogP contribution in [0.3, 0.4) is 0 Å². The molecule has 6 nitrogen and oxygen atoms in total. The molecule has 0 fully saturated rings. The minimum absolute atomic E-state index is 0.0665. The zero-order chi connectivity index (χ0) is 38.3. The van der Waals surface area contributed by atoms with Gasteiger partial charge in [-0.2, -0.15) is 0 Å². The number of unbranched alkanes of at least 4 members (excludes halogenated alkanes) is 25. The molecule has 0 aromatic carbocycles. The minimum Gasteiger partial charge on any atom is -0.462 e. The molecule has 0 unspecified atom stereocenters. The van der Waals surface area contributed by atoms with E-state index in [0.717, 1.165) is 69.6 Å². The maximum atomic E-state index is 12.7. The molecule has 0 saturated heterocycles. The summed E-state index contributed by atoms with van der Waals surface area (Å²) in [7, 11) is 0. The van der Waals surface area contributed by atoms with Crippen molar-refractivity contribution < 1.29 is 28.6 Å². The fourth-order valence-corrected chi connectivity index (χ4v) is 6.75. The number of carbonyl (C=O) groups is 3. The van der Waals surface area contributed by atoms with Gasteiger partial charge in [0, 0.05) is 19.3 Å². The molecule has 0 radical (unpaired) electrons. The van der Waals surface area contributed by atoms with Gasteiger partial charge in [0.2, 0.25) is 0 Å². The molecule has 0 N–H and O–H groups in total. The summed E-state index contributed by atoms with van der Waals surface area (Å²) in [4.78, 5) is 37.6. The van der Waals surface area contributed by atoms with Gasteiger partial charge in [-0.15, -0.1) is 0 Å². The van der Waals surface area contributed by atoms with Crippen LogP contribution in [-0.2, 0) is 28.6 Å². The monoisotopic (exact) mass is 737 g/mol. The van der Waals surface area contributed by atoms with Gasteiger partial charge < -0.3 is 14.2 Å². The second kappa shape index (κ2) is 39.1. The molecule has 1 atom stereocenters. The molecule has 0 aromatic heterocycles. The first kappa shape index (κ1) is 50.4. The van der Waals surface area contributed by atoms with Crippen molar-refractivity contribution in [3.05, 3.63) is 0 Å². The Morgan fingerprint density at radius 1 is 0.365 bits per heavy atom. The third-order valence-corrected chi connectivity index (χ3v) is 10.2. The lowest BCUT2D eigenvalue weighted by Crippen LogP contribution is -2.30. The van der Waals surface area contributed by atoms with Gasteiger partial charge in [-0.1, -0.05) is 208 Å². The highest BCUT2D eigenvalue weighted by Gasteiger charge is 2.19. The lowest BCUT2D eigenvalue weighted by atomic mass is 10.0. The predicted molar refractivity (Wildman–Crippen MR) is 220 cm³/mol. The van der Waals surface area contributed by atoms with E-state index in [9.17, 15) is 14.4 Å². The lowest BCUT2D eigenvalue weighted by molar-refractivity contribution is -0.167. The molecule has 308 valence electrons. The number of rotatable bonds is 40. The van der Waals surface area contributed by atoms with Crippen molar-refractivity contribution >= 4 is 17.9 Å². The van der Waals surface area contributed by atoms with Crippen LogP contribution in [0.1, 0.15) is 247 Å². The summed E-state index contributed by atoms with van der Waals surface area (Å²) in [5.74, 6) is 0.680. The van der Waals surface area contributed by atoms with Crippen LogP contribution in [-0.4, -0.2) is 37.2 Å². The van der Waals surface area contributed by atoms with Gasteiger partial charge in [0.1, 0.15) is 13.2 Å². The molecule has 0 rings (SSSR count). The van der Waals surface area contributed by atoms with E-state index >= 15 is 0 Å². The Kier molecular flexibility index (Phi) is 37.9. The van der Waals surface area contributed by atoms with Gasteiger partial charge in [0.25, 0.3) is 0 Å². The van der Waals surface area contributed by atoms with E-state index in [-0.39, 0.29) is 31.1 Å². The van der Waals surface area contributed by atoms with E-state index in [2.05, 4.69) is 34.6 Å². The van der Waals surface area contributed by atoms with E-state index in [0.29, 0.717) is 19.3 Å². The first-order valence-corrected chi connectivity index (χ1v) is 22.7. The quantitative estimate of drug-likeness (QED) is 0.0354. The summed E-state index contributed by atoms with van der Waals surface area (Å²) >= 11 is 0. The fourth-order valence-electron chi connectivity index (χ4n) is 6.75. The average Bonchev–Trinajstić information content (AvgIpc) is 3.11. The van der Waals surface area contributed by atoms with Gasteiger partial charge in [-0.3, -0.25) is 14.4 Å². The standard InChI is InChI=1S/C46H88O6/c1-6-7-8-9-10-11-12-13-14-15-16-17-20-28-33-38-46(49)52-43(40-51-45(48)37-32-27-23-22-25-30-35-42(4)5)39-50-44(47)36-31-26-21-18-19-24-29-34-41(2)3/h41-43H,6-40H2,1-5H3/t43-/m1/s1. The molecular weight excluding hydrogens is 648 g/mol. The predicted octanol–water partition coefficient (Wildman–Crippen LogP) is 14.2. The van der Waals surface area contributed by atoms with Crippen LogP contribution in [0.4, 0.5) is 0 Å². The Morgan fingerprint density at radius 2 is 0.635 bits per heavy atom. The zero-order valence-corrected chi connectivity index (χ0v) is 35.4. The highest BCUT2D eigenvalue weighted by molar-refractivity contribution is 5.71. The molecule has 0 amide bonds. The molecule has 0 aliphatic rings. The Hall–Kier alpha value is -1.59. The Bertz CT molecular complexity index is 794. The lowest BCUT2D eigenvalue weighted by Gasteiger charge is -2.18. The molecule has 0 saturated carbocycles. The van der Waals surface area contributed by atoms with Crippen molar-refractivity contribution in [2.24, 2.45) is 11.8 Å². The van der Waals surface area contributed by atoms with Gasteiger partial charge in [-0.05, 0) is 31.1 Å². The highest BCUT2D eigenvalue weighted by atomic mass is 16.6. The number of ether oxygens (including phenoxy) is 3. The molecule has 52 heavy (non-hydrogen) atoms. The van der Waals surface area contributed by atoms with Crippen LogP contribution < -0.4 is 0 Å². The van der Waals surface area contributed by atoms with Crippen molar-refractivity contribution in [2.45, 2.75) is 253 Å². The average molecular weight is 737 g/mol. The zero-order valence-electron chi connectivity index (χ0n) is 35.4. The van der Waals surface area contributed by atoms with E-state index in [4.69, 9.17) is 14.2 Å². The molecule has 0 aliphatic heterocycles. The topological polar surface area (TPSA) is 78.9 Å². The van der Waals surface area contributed by atoms with Crippen molar-refractivity contribution in [3.8, 4) is 0 Å². The van der Waals surface area contributed by atoms with Gasteiger partial charge in [0.05, 0.1) is 0 Å². The number of carbonyl (C=O) groups excluding carboxylic acids is 3. The van der Waals surface area contributed by atoms with Crippen molar-refractivity contribution in [1.82, 2.24) is 0 Å². The second-order valence-electron chi connectivity index (χ2n) is 16.6. The van der Waals surface area contributed by atoms with Crippen LogP contribution in [0.15, 0.2) is 0 Å². The third-order valence-electron chi connectivity index (χ3n) is 10.2. The summed E-state index contributed by atoms with van der Waals surface area (Å²) in [6.45, 7) is 11.2. The molecule has 0 aliphatic carbocycles. The van der Waals surface area contributed by atoms with Gasteiger partial charge in [0.15, 0.2) is 6.10 Å².